The van der Waals surface area contributed by atoms with E-state index >= 15 is 0 Å². The van der Waals surface area contributed by atoms with E-state index in [4.69, 9.17) is 4.98 Å². The molecule has 0 spiro atoms. The van der Waals surface area contributed by atoms with Crippen LogP contribution in [0.4, 0.5) is 34.1 Å². The first-order valence-corrected chi connectivity index (χ1v) is 22.2. The van der Waals surface area contributed by atoms with Crippen molar-refractivity contribution in [1.29, 1.82) is 0 Å². The molecule has 0 saturated heterocycles. The van der Waals surface area contributed by atoms with Crippen LogP contribution in [-0.4, -0.2) is 26.1 Å². The molecular formula is C55H55BN6. The zero-order valence-electron chi connectivity index (χ0n) is 38.2. The number of fused-ring (bicyclic) bond motifs is 12. The van der Waals surface area contributed by atoms with E-state index in [1.54, 1.807) is 6.33 Å². The van der Waals surface area contributed by atoms with Crippen molar-refractivity contribution in [3.8, 4) is 0 Å². The summed E-state index contributed by atoms with van der Waals surface area (Å²) in [6.07, 6.45) is 9.56. The van der Waals surface area contributed by atoms with Crippen molar-refractivity contribution in [3.63, 3.8) is 0 Å². The standard InChI is InChI=1S/C55H55BN6/c1-52(2,3)32-13-18-36(19-14-32)60-44-22-17-35(55(10,11)12)27-41(44)56-40-23-24-57-30-45(40)61(37-28-58-31-59-29-37)51-47-39-26-34(54(7,8)9)16-21-43(39)62-42-20-15-33(53(4,5)6)25-38(42)46(49(47)62)50(60)48(51)56/h13-31H,1-12H3. The fourth-order valence-corrected chi connectivity index (χ4v) is 10.4. The molecule has 0 saturated carbocycles. The molecule has 0 amide bonds. The SMILES string of the molecule is CC(C)(C)c1ccc(N2c3ccc(C(C)(C)C)cc3B3c4ccncc4N(c4cncnc4)c4c3c2c2c3cc(C(C)(C)C)ccc3n3c5ccc(C(C)(C)C)cc5c4c23)cc1. The lowest BCUT2D eigenvalue weighted by Gasteiger charge is -2.45. The van der Waals surface area contributed by atoms with Gasteiger partial charge in [0.05, 0.1) is 57.9 Å². The average Bonchev–Trinajstić information content (AvgIpc) is 3.74. The number of pyridine rings is 1. The highest BCUT2D eigenvalue weighted by Gasteiger charge is 2.47. The fourth-order valence-electron chi connectivity index (χ4n) is 10.4. The number of anilines is 6. The summed E-state index contributed by atoms with van der Waals surface area (Å²) < 4.78 is 2.57. The Morgan fingerprint density at radius 2 is 0.952 bits per heavy atom. The second-order valence-electron chi connectivity index (χ2n) is 22.0. The Morgan fingerprint density at radius 3 is 1.50 bits per heavy atom. The Balaban J connectivity index is 1.43. The largest absolute Gasteiger partial charge is 0.311 e. The number of rotatable bonds is 2. The maximum Gasteiger partial charge on any atom is 0.252 e. The van der Waals surface area contributed by atoms with Crippen molar-refractivity contribution in [2.24, 2.45) is 0 Å². The van der Waals surface area contributed by atoms with Crippen LogP contribution in [0.25, 0.3) is 38.1 Å². The summed E-state index contributed by atoms with van der Waals surface area (Å²) in [5.74, 6) is 0. The summed E-state index contributed by atoms with van der Waals surface area (Å²) in [4.78, 5) is 19.2. The number of hydrogen-bond donors (Lipinski definition) is 0. The van der Waals surface area contributed by atoms with Crippen LogP contribution in [-0.2, 0) is 21.7 Å². The van der Waals surface area contributed by atoms with Gasteiger partial charge in [0.2, 0.25) is 0 Å². The zero-order chi connectivity index (χ0) is 43.4. The van der Waals surface area contributed by atoms with Crippen LogP contribution >= 0.6 is 0 Å². The zero-order valence-corrected chi connectivity index (χ0v) is 38.2. The number of aromatic nitrogens is 4. The molecule has 0 fully saturated rings. The molecule has 6 heterocycles. The number of nitrogens with zero attached hydrogens (tertiary/aromatic N) is 6. The van der Waals surface area contributed by atoms with Gasteiger partial charge in [-0.3, -0.25) is 4.98 Å². The van der Waals surface area contributed by atoms with Gasteiger partial charge in [-0.2, -0.15) is 0 Å². The van der Waals surface area contributed by atoms with E-state index in [0.717, 1.165) is 17.1 Å². The average molecular weight is 811 g/mol. The molecule has 4 aromatic heterocycles. The van der Waals surface area contributed by atoms with E-state index in [9.17, 15) is 0 Å². The summed E-state index contributed by atoms with van der Waals surface area (Å²) in [5, 5.41) is 5.05. The Morgan fingerprint density at radius 1 is 0.452 bits per heavy atom. The van der Waals surface area contributed by atoms with Gasteiger partial charge in [0.25, 0.3) is 6.71 Å². The lowest BCUT2D eigenvalue weighted by atomic mass is 9.33. The van der Waals surface area contributed by atoms with Gasteiger partial charge in [-0.05, 0) is 109 Å². The molecule has 308 valence electrons. The second kappa shape index (κ2) is 12.7. The highest BCUT2D eigenvalue weighted by molar-refractivity contribution is 7.01. The molecular weight excluding hydrogens is 755 g/mol. The highest BCUT2D eigenvalue weighted by Crippen LogP contribution is 2.55. The van der Waals surface area contributed by atoms with Gasteiger partial charge in [0.1, 0.15) is 6.33 Å². The second-order valence-corrected chi connectivity index (χ2v) is 22.0. The normalized spacial score (nSPS) is 14.4. The Hall–Kier alpha value is -6.21. The van der Waals surface area contributed by atoms with Crippen LogP contribution in [0.2, 0.25) is 0 Å². The highest BCUT2D eigenvalue weighted by atomic mass is 15.2. The third kappa shape index (κ3) is 5.45. The lowest BCUT2D eigenvalue weighted by Crippen LogP contribution is -2.61. The molecule has 7 heteroatoms. The maximum absolute atomic E-state index is 4.85. The minimum Gasteiger partial charge on any atom is -0.311 e. The van der Waals surface area contributed by atoms with Crippen molar-refractivity contribution in [1.82, 2.24) is 19.4 Å². The fraction of sp³-hybridized carbons (Fsp3) is 0.291. The molecule has 9 aromatic rings. The van der Waals surface area contributed by atoms with Gasteiger partial charge < -0.3 is 14.2 Å². The quantitative estimate of drug-likeness (QED) is 0.163. The topological polar surface area (TPSA) is 49.6 Å². The number of benzene rings is 5. The summed E-state index contributed by atoms with van der Waals surface area (Å²) in [7, 11) is 0. The monoisotopic (exact) mass is 810 g/mol. The summed E-state index contributed by atoms with van der Waals surface area (Å²) in [5.41, 5.74) is 19.3. The molecule has 6 nitrogen and oxygen atoms in total. The molecule has 0 bridgehead atoms. The molecule has 0 N–H and O–H groups in total. The molecule has 2 aliphatic rings. The van der Waals surface area contributed by atoms with E-state index < -0.39 is 0 Å². The van der Waals surface area contributed by atoms with E-state index in [-0.39, 0.29) is 28.4 Å². The maximum atomic E-state index is 4.85. The first-order chi connectivity index (χ1) is 29.3. The van der Waals surface area contributed by atoms with Gasteiger partial charge in [-0.25, -0.2) is 9.97 Å². The molecule has 11 rings (SSSR count). The number of hydrogen-bond acceptors (Lipinski definition) is 5. The summed E-state index contributed by atoms with van der Waals surface area (Å²) in [6, 6.07) is 33.3. The van der Waals surface area contributed by atoms with Crippen LogP contribution < -0.4 is 26.2 Å². The minimum atomic E-state index is -0.0824. The van der Waals surface area contributed by atoms with Gasteiger partial charge >= 0.3 is 0 Å². The van der Waals surface area contributed by atoms with Crippen LogP contribution in [0.3, 0.4) is 0 Å². The van der Waals surface area contributed by atoms with Gasteiger partial charge in [0, 0.05) is 39.1 Å². The predicted molar refractivity (Wildman–Crippen MR) is 263 cm³/mol. The molecule has 0 atom stereocenters. The van der Waals surface area contributed by atoms with Gasteiger partial charge in [-0.1, -0.05) is 119 Å². The first kappa shape index (κ1) is 38.7. The molecule has 0 radical (unpaired) electrons. The third-order valence-corrected chi connectivity index (χ3v) is 13.8. The Kier molecular flexibility index (Phi) is 7.92. The van der Waals surface area contributed by atoms with Gasteiger partial charge in [0.15, 0.2) is 0 Å². The Bertz CT molecular complexity index is 3280. The smallest absolute Gasteiger partial charge is 0.252 e. The van der Waals surface area contributed by atoms with Gasteiger partial charge in [-0.15, -0.1) is 0 Å². The molecule has 0 aliphatic carbocycles. The molecule has 0 unspecified atom stereocenters. The van der Waals surface area contributed by atoms with Crippen LogP contribution in [0, 0.1) is 0 Å². The lowest BCUT2D eigenvalue weighted by molar-refractivity contribution is 0.590. The molecule has 62 heavy (non-hydrogen) atoms. The van der Waals surface area contributed by atoms with E-state index in [2.05, 4.69) is 198 Å². The minimum absolute atomic E-state index is 0.0162. The first-order valence-electron chi connectivity index (χ1n) is 22.2. The van der Waals surface area contributed by atoms with Crippen molar-refractivity contribution in [3.05, 3.63) is 138 Å². The van der Waals surface area contributed by atoms with Crippen molar-refractivity contribution >= 4 is 95.3 Å². The molecule has 2 aliphatic heterocycles. The summed E-state index contributed by atoms with van der Waals surface area (Å²) >= 11 is 0. The van der Waals surface area contributed by atoms with Crippen molar-refractivity contribution in [2.75, 3.05) is 9.80 Å². The van der Waals surface area contributed by atoms with E-state index in [1.807, 2.05) is 18.6 Å². The Labute approximate surface area is 366 Å². The van der Waals surface area contributed by atoms with Crippen molar-refractivity contribution < 1.29 is 0 Å². The van der Waals surface area contributed by atoms with Crippen LogP contribution in [0.5, 0.6) is 0 Å². The molecule has 5 aromatic carbocycles. The predicted octanol–water partition coefficient (Wildman–Crippen LogP) is 12.3. The van der Waals surface area contributed by atoms with Crippen LogP contribution in [0.1, 0.15) is 105 Å². The third-order valence-electron chi connectivity index (χ3n) is 13.8. The van der Waals surface area contributed by atoms with E-state index in [0.29, 0.717) is 0 Å². The van der Waals surface area contributed by atoms with Crippen LogP contribution in [0.15, 0.2) is 116 Å². The van der Waals surface area contributed by atoms with E-state index in [1.165, 1.54) is 93.8 Å². The summed E-state index contributed by atoms with van der Waals surface area (Å²) in [6.45, 7) is 27.7. The van der Waals surface area contributed by atoms with Crippen molar-refractivity contribution in [2.45, 2.75) is 105 Å².